The molecular weight excluding hydrogens is 384 g/mol. The van der Waals surface area contributed by atoms with Gasteiger partial charge in [0.05, 0.1) is 57.4 Å². The number of rotatable bonds is 4. The molecule has 28 heavy (non-hydrogen) atoms. The molecule has 0 bridgehead atoms. The Morgan fingerprint density at radius 2 is 2.04 bits per heavy atom. The molecule has 1 atom stereocenters. The van der Waals surface area contributed by atoms with Crippen LogP contribution in [-0.4, -0.2) is 69.4 Å². The number of fused-ring (bicyclic) bond motifs is 1. The van der Waals surface area contributed by atoms with Gasteiger partial charge < -0.3 is 18.9 Å². The van der Waals surface area contributed by atoms with Crippen LogP contribution in [0.25, 0.3) is 0 Å². The van der Waals surface area contributed by atoms with Crippen LogP contribution in [0.3, 0.4) is 0 Å². The smallest absolute Gasteiger partial charge is 0.257 e. The first-order valence-corrected chi connectivity index (χ1v) is 10.5. The predicted octanol–water partition coefficient (Wildman–Crippen LogP) is 0.784. The van der Waals surface area contributed by atoms with Crippen molar-refractivity contribution in [3.8, 4) is 5.75 Å². The van der Waals surface area contributed by atoms with Gasteiger partial charge in [-0.1, -0.05) is 10.3 Å². The number of aromatic nitrogens is 2. The third-order valence-corrected chi connectivity index (χ3v) is 6.88. The van der Waals surface area contributed by atoms with E-state index in [9.17, 15) is 13.6 Å². The molecule has 0 radical (unpaired) electrons. The quantitative estimate of drug-likeness (QED) is 0.696. The Bertz CT molecular complexity index is 924. The lowest BCUT2D eigenvalue weighted by Gasteiger charge is -2.32. The molecule has 10 heteroatoms. The van der Waals surface area contributed by atoms with E-state index in [4.69, 9.17) is 9.47 Å². The first-order chi connectivity index (χ1) is 13.5. The Labute approximate surface area is 164 Å². The Morgan fingerprint density at radius 3 is 2.79 bits per heavy atom. The van der Waals surface area contributed by atoms with Crippen LogP contribution in [0.4, 0.5) is 0 Å². The summed E-state index contributed by atoms with van der Waals surface area (Å²) in [4.78, 5) is 14.8. The molecule has 0 aliphatic carbocycles. The standard InChI is InChI=1S/C18H22N4O5S/c1-26-14-3-2-4-15(11-14)28(24,25)21-5-6-22-17(13-21)16(12-19-22)18(23)20-7-9-27-10-8-20/h2-4,11-12H,5-10,13H2,1H3. The van der Waals surface area contributed by atoms with Gasteiger partial charge in [0.1, 0.15) is 5.75 Å². The number of amides is 1. The highest BCUT2D eigenvalue weighted by Crippen LogP contribution is 2.29. The SMILES string of the molecule is COc1cccc([S+](=O)([O-])N2CCn3ncc(C(=O)N4CCOCC4)c3C2)c1. The Balaban J connectivity index is 1.59. The molecule has 1 saturated heterocycles. The summed E-state index contributed by atoms with van der Waals surface area (Å²) in [5, 5.41) is 4.29. The van der Waals surface area contributed by atoms with Crippen molar-refractivity contribution < 1.29 is 23.0 Å². The number of benzene rings is 1. The number of ether oxygens (including phenoxy) is 2. The van der Waals surface area contributed by atoms with Gasteiger partial charge in [0.15, 0.2) is 15.3 Å². The molecule has 150 valence electrons. The number of carbonyl (C=O) groups is 1. The van der Waals surface area contributed by atoms with Gasteiger partial charge in [0.25, 0.3) is 5.91 Å². The van der Waals surface area contributed by atoms with Crippen LogP contribution in [0.2, 0.25) is 0 Å². The Hall–Kier alpha value is -2.27. The number of nitrogens with zero attached hydrogens (tertiary/aromatic N) is 4. The summed E-state index contributed by atoms with van der Waals surface area (Å²) in [6.07, 6.45) is 1.54. The lowest BCUT2D eigenvalue weighted by Crippen LogP contribution is -2.44. The van der Waals surface area contributed by atoms with E-state index in [1.165, 1.54) is 23.7 Å². The van der Waals surface area contributed by atoms with E-state index in [-0.39, 0.29) is 17.3 Å². The first-order valence-electron chi connectivity index (χ1n) is 9.06. The van der Waals surface area contributed by atoms with E-state index in [0.717, 1.165) is 0 Å². The van der Waals surface area contributed by atoms with Crippen LogP contribution in [0.15, 0.2) is 35.4 Å². The van der Waals surface area contributed by atoms with Crippen LogP contribution in [-0.2, 0) is 32.4 Å². The summed E-state index contributed by atoms with van der Waals surface area (Å²) in [6.45, 7) is 2.85. The van der Waals surface area contributed by atoms with Crippen molar-refractivity contribution in [2.75, 3.05) is 40.0 Å². The third kappa shape index (κ3) is 3.44. The van der Waals surface area contributed by atoms with Crippen molar-refractivity contribution in [2.24, 2.45) is 0 Å². The lowest BCUT2D eigenvalue weighted by atomic mass is 10.2. The van der Waals surface area contributed by atoms with Crippen LogP contribution < -0.4 is 4.74 Å². The van der Waals surface area contributed by atoms with E-state index in [0.29, 0.717) is 56.4 Å². The molecule has 2 aromatic rings. The second-order valence-electron chi connectivity index (χ2n) is 6.65. The molecule has 9 nitrogen and oxygen atoms in total. The highest BCUT2D eigenvalue weighted by Gasteiger charge is 2.36. The Kier molecular flexibility index (Phi) is 5.19. The fourth-order valence-electron chi connectivity index (χ4n) is 3.45. The van der Waals surface area contributed by atoms with Gasteiger partial charge >= 0.3 is 0 Å². The fraction of sp³-hybridized carbons (Fsp3) is 0.444. The average molecular weight is 406 g/mol. The van der Waals surface area contributed by atoms with Crippen molar-refractivity contribution in [3.05, 3.63) is 41.7 Å². The molecule has 1 aromatic heterocycles. The maximum Gasteiger partial charge on any atom is 0.257 e. The molecule has 2 aliphatic heterocycles. The van der Waals surface area contributed by atoms with Gasteiger partial charge in [0.2, 0.25) is 0 Å². The number of methoxy groups -OCH3 is 1. The Morgan fingerprint density at radius 1 is 1.25 bits per heavy atom. The number of sulfonamides is 1. The lowest BCUT2D eigenvalue weighted by molar-refractivity contribution is 0.0301. The van der Waals surface area contributed by atoms with E-state index in [2.05, 4.69) is 5.10 Å². The van der Waals surface area contributed by atoms with Gasteiger partial charge in [-0.15, -0.1) is 4.31 Å². The number of hydrogen-bond donors (Lipinski definition) is 0. The second-order valence-corrected chi connectivity index (χ2v) is 8.59. The third-order valence-electron chi connectivity index (χ3n) is 5.04. The fourth-order valence-corrected chi connectivity index (χ4v) is 4.88. The summed E-state index contributed by atoms with van der Waals surface area (Å²) >= 11 is 0. The molecule has 3 heterocycles. The second kappa shape index (κ2) is 7.63. The summed E-state index contributed by atoms with van der Waals surface area (Å²) in [7, 11) is -2.22. The molecule has 0 saturated carbocycles. The topological polar surface area (TPSA) is 100.0 Å². The highest BCUT2D eigenvalue weighted by molar-refractivity contribution is 7.95. The van der Waals surface area contributed by atoms with Gasteiger partial charge in [-0.3, -0.25) is 9.48 Å². The zero-order chi connectivity index (χ0) is 19.7. The van der Waals surface area contributed by atoms with Crippen molar-refractivity contribution in [2.45, 2.75) is 18.0 Å². The summed E-state index contributed by atoms with van der Waals surface area (Å²) in [6, 6.07) is 6.39. The highest BCUT2D eigenvalue weighted by atomic mass is 32.3. The number of hydrogen-bond acceptors (Lipinski definition) is 6. The van der Waals surface area contributed by atoms with Gasteiger partial charge in [-0.05, 0) is 12.1 Å². The maximum absolute atomic E-state index is 13.1. The molecule has 0 N–H and O–H groups in total. The van der Waals surface area contributed by atoms with E-state index < -0.39 is 10.4 Å². The predicted molar refractivity (Wildman–Crippen MR) is 99.4 cm³/mol. The summed E-state index contributed by atoms with van der Waals surface area (Å²) in [5.74, 6) is 0.344. The monoisotopic (exact) mass is 406 g/mol. The normalized spacial score (nSPS) is 19.7. The van der Waals surface area contributed by atoms with Crippen LogP contribution in [0, 0.1) is 0 Å². The van der Waals surface area contributed by atoms with Crippen molar-refractivity contribution in [1.29, 1.82) is 0 Å². The van der Waals surface area contributed by atoms with Gasteiger partial charge in [-0.2, -0.15) is 5.10 Å². The molecule has 1 unspecified atom stereocenters. The molecule has 4 rings (SSSR count). The van der Waals surface area contributed by atoms with Crippen molar-refractivity contribution >= 4 is 16.3 Å². The van der Waals surface area contributed by atoms with E-state index in [1.54, 1.807) is 27.8 Å². The van der Waals surface area contributed by atoms with Crippen molar-refractivity contribution in [3.63, 3.8) is 0 Å². The number of carbonyl (C=O) groups excluding carboxylic acids is 1. The van der Waals surface area contributed by atoms with Gasteiger partial charge in [-0.25, -0.2) is 0 Å². The molecule has 2 aliphatic rings. The minimum absolute atomic E-state index is 0.102. The van der Waals surface area contributed by atoms with Crippen molar-refractivity contribution in [1.82, 2.24) is 19.0 Å². The zero-order valence-electron chi connectivity index (χ0n) is 15.6. The minimum atomic E-state index is -3.72. The minimum Gasteiger partial charge on any atom is -0.593 e. The maximum atomic E-state index is 13.1. The largest absolute Gasteiger partial charge is 0.593 e. The summed E-state index contributed by atoms with van der Waals surface area (Å²) in [5.41, 5.74) is 1.07. The average Bonchev–Trinajstić information content (AvgIpc) is 3.17. The van der Waals surface area contributed by atoms with E-state index in [1.807, 2.05) is 0 Å². The van der Waals surface area contributed by atoms with Crippen LogP contribution in [0.1, 0.15) is 16.1 Å². The molecule has 0 spiro atoms. The zero-order valence-corrected chi connectivity index (χ0v) is 16.4. The van der Waals surface area contributed by atoms with Crippen LogP contribution in [0.5, 0.6) is 5.75 Å². The first kappa shape index (κ1) is 19.1. The van der Waals surface area contributed by atoms with Gasteiger partial charge in [0, 0.05) is 19.2 Å². The molecule has 1 amide bonds. The van der Waals surface area contributed by atoms with Crippen LogP contribution >= 0.6 is 0 Å². The molecule has 1 aromatic carbocycles. The number of morpholine rings is 1. The van der Waals surface area contributed by atoms with E-state index >= 15 is 0 Å². The molecule has 1 fully saturated rings. The molecular formula is C18H22N4O5S. The summed E-state index contributed by atoms with van der Waals surface area (Å²) < 4.78 is 39.7.